The summed E-state index contributed by atoms with van der Waals surface area (Å²) in [4.78, 5) is 2.56. The molecule has 0 amide bonds. The highest BCUT2D eigenvalue weighted by atomic mass is 15.2. The summed E-state index contributed by atoms with van der Waals surface area (Å²) in [6.07, 6.45) is 3.33. The molecule has 2 rings (SSSR count). The van der Waals surface area contributed by atoms with Crippen LogP contribution in [0.5, 0.6) is 0 Å². The number of nitrogens with two attached hydrogens (primary N) is 1. The molecular weight excluding hydrogens is 220 g/mol. The van der Waals surface area contributed by atoms with E-state index in [0.717, 1.165) is 18.8 Å². The van der Waals surface area contributed by atoms with Gasteiger partial charge in [0.1, 0.15) is 0 Å². The second-order valence-electron chi connectivity index (χ2n) is 5.84. The Kier molecular flexibility index (Phi) is 4.28. The van der Waals surface area contributed by atoms with E-state index < -0.39 is 0 Å². The summed E-state index contributed by atoms with van der Waals surface area (Å²) in [5.74, 6) is 0.799. The van der Waals surface area contributed by atoms with Gasteiger partial charge < -0.3 is 10.6 Å². The number of rotatable bonds is 4. The zero-order valence-electron chi connectivity index (χ0n) is 11.9. The summed E-state index contributed by atoms with van der Waals surface area (Å²) >= 11 is 0. The van der Waals surface area contributed by atoms with Crippen molar-refractivity contribution in [2.75, 3.05) is 11.4 Å². The van der Waals surface area contributed by atoms with Gasteiger partial charge >= 0.3 is 0 Å². The van der Waals surface area contributed by atoms with Gasteiger partial charge in [-0.1, -0.05) is 32.0 Å². The molecule has 1 aliphatic heterocycles. The average molecular weight is 246 g/mol. The van der Waals surface area contributed by atoms with E-state index in [-0.39, 0.29) is 6.04 Å². The van der Waals surface area contributed by atoms with Gasteiger partial charge in [-0.15, -0.1) is 0 Å². The molecule has 0 bridgehead atoms. The molecular formula is C16H26N2. The number of hydrogen-bond acceptors (Lipinski definition) is 2. The van der Waals surface area contributed by atoms with E-state index in [1.165, 1.54) is 24.2 Å². The molecule has 0 saturated carbocycles. The Bertz CT molecular complexity index is 388. The minimum Gasteiger partial charge on any atom is -0.368 e. The Labute approximate surface area is 111 Å². The summed E-state index contributed by atoms with van der Waals surface area (Å²) in [5, 5.41) is 0. The van der Waals surface area contributed by atoms with E-state index in [1.54, 1.807) is 0 Å². The van der Waals surface area contributed by atoms with Gasteiger partial charge in [0.15, 0.2) is 0 Å². The van der Waals surface area contributed by atoms with Gasteiger partial charge in [-0.05, 0) is 43.7 Å². The number of nitrogens with zero attached hydrogens (tertiary/aromatic N) is 1. The fraction of sp³-hybridized carbons (Fsp3) is 0.625. The van der Waals surface area contributed by atoms with Gasteiger partial charge in [0.25, 0.3) is 0 Å². The molecule has 1 aliphatic rings. The third-order valence-electron chi connectivity index (χ3n) is 4.09. The van der Waals surface area contributed by atoms with Crippen molar-refractivity contribution in [3.05, 3.63) is 29.8 Å². The van der Waals surface area contributed by atoms with Crippen molar-refractivity contribution in [2.45, 2.75) is 52.1 Å². The second kappa shape index (κ2) is 5.75. The number of hydrogen-bond donors (Lipinski definition) is 1. The Morgan fingerprint density at radius 1 is 1.33 bits per heavy atom. The first-order valence-corrected chi connectivity index (χ1v) is 7.22. The molecule has 100 valence electrons. The Balaban J connectivity index is 2.22. The molecule has 0 aliphatic carbocycles. The van der Waals surface area contributed by atoms with Crippen molar-refractivity contribution in [2.24, 2.45) is 11.7 Å². The SMILES string of the molecule is CCC(N)Cc1ccccc1N1CC(C)CC1C. The maximum absolute atomic E-state index is 6.12. The highest BCUT2D eigenvalue weighted by Crippen LogP contribution is 2.31. The summed E-state index contributed by atoms with van der Waals surface area (Å²) in [7, 11) is 0. The molecule has 3 unspecified atom stereocenters. The molecule has 1 fully saturated rings. The van der Waals surface area contributed by atoms with Crippen LogP contribution >= 0.6 is 0 Å². The van der Waals surface area contributed by atoms with Crippen LogP contribution in [0.4, 0.5) is 5.69 Å². The van der Waals surface area contributed by atoms with Crippen LogP contribution in [0.1, 0.15) is 39.2 Å². The van der Waals surface area contributed by atoms with E-state index in [2.05, 4.69) is 49.9 Å². The minimum atomic E-state index is 0.279. The minimum absolute atomic E-state index is 0.279. The zero-order chi connectivity index (χ0) is 13.1. The molecule has 3 atom stereocenters. The number of anilines is 1. The van der Waals surface area contributed by atoms with E-state index in [1.807, 2.05) is 0 Å². The van der Waals surface area contributed by atoms with Crippen LogP contribution in [-0.2, 0) is 6.42 Å². The third kappa shape index (κ3) is 2.86. The normalized spacial score (nSPS) is 25.4. The van der Waals surface area contributed by atoms with Crippen molar-refractivity contribution >= 4 is 5.69 Å². The van der Waals surface area contributed by atoms with Crippen molar-refractivity contribution in [3.8, 4) is 0 Å². The quantitative estimate of drug-likeness (QED) is 0.884. The van der Waals surface area contributed by atoms with Crippen LogP contribution in [0, 0.1) is 5.92 Å². The molecule has 2 nitrogen and oxygen atoms in total. The Morgan fingerprint density at radius 3 is 2.67 bits per heavy atom. The van der Waals surface area contributed by atoms with Crippen LogP contribution in [-0.4, -0.2) is 18.6 Å². The largest absolute Gasteiger partial charge is 0.368 e. The van der Waals surface area contributed by atoms with E-state index >= 15 is 0 Å². The molecule has 1 saturated heterocycles. The average Bonchev–Trinajstić information content (AvgIpc) is 2.69. The smallest absolute Gasteiger partial charge is 0.0401 e. The van der Waals surface area contributed by atoms with E-state index in [0.29, 0.717) is 6.04 Å². The summed E-state index contributed by atoms with van der Waals surface area (Å²) in [5.41, 5.74) is 8.93. The standard InChI is InChI=1S/C16H26N2/c1-4-15(17)10-14-7-5-6-8-16(14)18-11-12(2)9-13(18)3/h5-8,12-13,15H,4,9-11,17H2,1-3H3. The van der Waals surface area contributed by atoms with Gasteiger partial charge in [0.2, 0.25) is 0 Å². The lowest BCUT2D eigenvalue weighted by Crippen LogP contribution is -2.29. The van der Waals surface area contributed by atoms with Crippen LogP contribution in [0.25, 0.3) is 0 Å². The first-order valence-electron chi connectivity index (χ1n) is 7.22. The molecule has 2 N–H and O–H groups in total. The van der Waals surface area contributed by atoms with E-state index in [9.17, 15) is 0 Å². The van der Waals surface area contributed by atoms with Crippen LogP contribution < -0.4 is 10.6 Å². The van der Waals surface area contributed by atoms with Gasteiger partial charge in [-0.25, -0.2) is 0 Å². The van der Waals surface area contributed by atoms with Gasteiger partial charge in [-0.2, -0.15) is 0 Å². The van der Waals surface area contributed by atoms with Gasteiger partial charge in [-0.3, -0.25) is 0 Å². The lowest BCUT2D eigenvalue weighted by molar-refractivity contribution is 0.624. The summed E-state index contributed by atoms with van der Waals surface area (Å²) in [6.45, 7) is 8.02. The Hall–Kier alpha value is -1.02. The molecule has 1 aromatic carbocycles. The van der Waals surface area contributed by atoms with E-state index in [4.69, 9.17) is 5.73 Å². The predicted molar refractivity (Wildman–Crippen MR) is 79.0 cm³/mol. The highest BCUT2D eigenvalue weighted by Gasteiger charge is 2.27. The summed E-state index contributed by atoms with van der Waals surface area (Å²) < 4.78 is 0. The maximum Gasteiger partial charge on any atom is 0.0401 e. The van der Waals surface area contributed by atoms with Crippen LogP contribution in [0.3, 0.4) is 0 Å². The lowest BCUT2D eigenvalue weighted by atomic mass is 10.0. The predicted octanol–water partition coefficient (Wildman–Crippen LogP) is 3.20. The van der Waals surface area contributed by atoms with Crippen molar-refractivity contribution < 1.29 is 0 Å². The van der Waals surface area contributed by atoms with Crippen LogP contribution in [0.2, 0.25) is 0 Å². The fourth-order valence-electron chi connectivity index (χ4n) is 3.03. The Morgan fingerprint density at radius 2 is 2.06 bits per heavy atom. The molecule has 0 spiro atoms. The third-order valence-corrected chi connectivity index (χ3v) is 4.09. The van der Waals surface area contributed by atoms with Crippen molar-refractivity contribution in [3.63, 3.8) is 0 Å². The van der Waals surface area contributed by atoms with Gasteiger partial charge in [0.05, 0.1) is 0 Å². The van der Waals surface area contributed by atoms with Crippen molar-refractivity contribution in [1.82, 2.24) is 0 Å². The number of benzene rings is 1. The first-order chi connectivity index (χ1) is 8.61. The van der Waals surface area contributed by atoms with Gasteiger partial charge in [0, 0.05) is 24.3 Å². The number of para-hydroxylation sites is 1. The lowest BCUT2D eigenvalue weighted by Gasteiger charge is -2.27. The maximum atomic E-state index is 6.12. The van der Waals surface area contributed by atoms with Crippen molar-refractivity contribution in [1.29, 1.82) is 0 Å². The first kappa shape index (κ1) is 13.4. The molecule has 0 aromatic heterocycles. The molecule has 18 heavy (non-hydrogen) atoms. The monoisotopic (exact) mass is 246 g/mol. The molecule has 1 aromatic rings. The molecule has 2 heteroatoms. The summed E-state index contributed by atoms with van der Waals surface area (Å²) in [6, 6.07) is 9.70. The zero-order valence-corrected chi connectivity index (χ0v) is 11.9. The highest BCUT2D eigenvalue weighted by molar-refractivity contribution is 5.55. The topological polar surface area (TPSA) is 29.3 Å². The molecule has 0 radical (unpaired) electrons. The van der Waals surface area contributed by atoms with Crippen LogP contribution in [0.15, 0.2) is 24.3 Å². The fourth-order valence-corrected chi connectivity index (χ4v) is 3.03. The second-order valence-corrected chi connectivity index (χ2v) is 5.84. The molecule has 1 heterocycles.